The highest BCUT2D eigenvalue weighted by Crippen LogP contribution is 2.29. The van der Waals surface area contributed by atoms with Crippen molar-refractivity contribution in [1.82, 2.24) is 10.2 Å². The zero-order valence-corrected chi connectivity index (χ0v) is 28.3. The number of anilines is 1. The van der Waals surface area contributed by atoms with Crippen LogP contribution in [0.5, 0.6) is 0 Å². The third kappa shape index (κ3) is 9.31. The number of nitrogens with zero attached hydrogens (tertiary/aromatic N) is 3. The molecule has 1 unspecified atom stereocenters. The minimum atomic E-state index is -4.43. The number of nitrogens with one attached hydrogen (secondary N) is 1. The van der Waals surface area contributed by atoms with E-state index in [0.29, 0.717) is 10.6 Å². The first-order chi connectivity index (χ1) is 22.2. The Labute approximate surface area is 284 Å². The first-order valence-corrected chi connectivity index (χ1v) is 16.8. The lowest BCUT2D eigenvalue weighted by molar-refractivity contribution is -0.384. The Hall–Kier alpha value is -4.45. The van der Waals surface area contributed by atoms with Gasteiger partial charge in [0.15, 0.2) is 0 Å². The molecule has 4 rings (SSSR count). The van der Waals surface area contributed by atoms with Crippen LogP contribution >= 0.6 is 23.2 Å². The summed E-state index contributed by atoms with van der Waals surface area (Å²) in [6, 6.07) is 25.2. The van der Waals surface area contributed by atoms with Crippen molar-refractivity contribution in [3.8, 4) is 0 Å². The largest absolute Gasteiger partial charge is 0.350 e. The average Bonchev–Trinajstić information content (AvgIpc) is 3.02. The molecule has 1 atom stereocenters. The molecule has 47 heavy (non-hydrogen) atoms. The smallest absolute Gasteiger partial charge is 0.271 e. The Balaban J connectivity index is 1.86. The molecule has 10 nitrogen and oxygen atoms in total. The summed E-state index contributed by atoms with van der Waals surface area (Å²) in [6.45, 7) is 4.48. The molecular formula is C34H34Cl2N4O6S. The van der Waals surface area contributed by atoms with Crippen LogP contribution < -0.4 is 9.62 Å². The predicted octanol–water partition coefficient (Wildman–Crippen LogP) is 6.65. The van der Waals surface area contributed by atoms with Gasteiger partial charge in [0, 0.05) is 40.7 Å². The standard InChI is InChI=1S/C34H34Cl2N4O6S/c1-34(2,3)37-33(42)31(19-24-11-6-4-7-12-24)38(22-25-17-18-26(35)20-30(25)36)32(41)23-39(27-13-10-14-28(21-27)40(43)44)47(45,46)29-15-8-5-9-16-29/h4-18,20-21,31H,19,22-23H2,1-3H3,(H,37,42). The maximum absolute atomic E-state index is 14.5. The molecular weight excluding hydrogens is 663 g/mol. The van der Waals surface area contributed by atoms with Gasteiger partial charge in [-0.2, -0.15) is 0 Å². The number of amides is 2. The topological polar surface area (TPSA) is 130 Å². The summed E-state index contributed by atoms with van der Waals surface area (Å²) in [4.78, 5) is 40.7. The molecule has 0 saturated carbocycles. The maximum atomic E-state index is 14.5. The summed E-state index contributed by atoms with van der Waals surface area (Å²) in [6.07, 6.45) is 0.0992. The molecule has 1 N–H and O–H groups in total. The summed E-state index contributed by atoms with van der Waals surface area (Å²) >= 11 is 12.7. The van der Waals surface area contributed by atoms with Crippen molar-refractivity contribution in [1.29, 1.82) is 0 Å². The monoisotopic (exact) mass is 696 g/mol. The second kappa shape index (κ2) is 15.0. The van der Waals surface area contributed by atoms with E-state index >= 15 is 0 Å². The van der Waals surface area contributed by atoms with Gasteiger partial charge in [-0.3, -0.25) is 24.0 Å². The van der Waals surface area contributed by atoms with Crippen molar-refractivity contribution in [3.05, 3.63) is 134 Å². The Morgan fingerprint density at radius 2 is 1.53 bits per heavy atom. The highest BCUT2D eigenvalue weighted by atomic mass is 35.5. The number of nitro benzene ring substituents is 1. The molecule has 0 radical (unpaired) electrons. The molecule has 0 aliphatic rings. The van der Waals surface area contributed by atoms with Gasteiger partial charge >= 0.3 is 0 Å². The van der Waals surface area contributed by atoms with E-state index in [1.54, 1.807) is 18.2 Å². The number of hydrogen-bond acceptors (Lipinski definition) is 6. The number of halogens is 2. The molecule has 0 saturated heterocycles. The molecule has 246 valence electrons. The lowest BCUT2D eigenvalue weighted by atomic mass is 10.0. The third-order valence-electron chi connectivity index (χ3n) is 7.06. The fourth-order valence-electron chi connectivity index (χ4n) is 4.85. The Kier molecular flexibility index (Phi) is 11.3. The molecule has 0 aliphatic carbocycles. The maximum Gasteiger partial charge on any atom is 0.271 e. The van der Waals surface area contributed by atoms with Gasteiger partial charge in [-0.15, -0.1) is 0 Å². The van der Waals surface area contributed by atoms with Gasteiger partial charge in [-0.05, 0) is 62.2 Å². The van der Waals surface area contributed by atoms with Gasteiger partial charge < -0.3 is 10.2 Å². The SMILES string of the molecule is CC(C)(C)NC(=O)C(Cc1ccccc1)N(Cc1ccc(Cl)cc1Cl)C(=O)CN(c1cccc([N+](=O)[O-])c1)S(=O)(=O)c1ccccc1. The van der Waals surface area contributed by atoms with Gasteiger partial charge in [-0.25, -0.2) is 8.42 Å². The number of carbonyl (C=O) groups excluding carboxylic acids is 2. The summed E-state index contributed by atoms with van der Waals surface area (Å²) in [5.41, 5.74) is 0.108. The first-order valence-electron chi connectivity index (χ1n) is 14.6. The highest BCUT2D eigenvalue weighted by molar-refractivity contribution is 7.92. The molecule has 0 aromatic heterocycles. The summed E-state index contributed by atoms with van der Waals surface area (Å²) in [5.74, 6) is -1.21. The molecule has 4 aromatic rings. The minimum absolute atomic E-state index is 0.0976. The molecule has 13 heteroatoms. The van der Waals surface area contributed by atoms with E-state index < -0.39 is 44.9 Å². The van der Waals surface area contributed by atoms with Crippen LogP contribution in [0.1, 0.15) is 31.9 Å². The van der Waals surface area contributed by atoms with E-state index in [2.05, 4.69) is 5.32 Å². The van der Waals surface area contributed by atoms with E-state index in [-0.39, 0.29) is 34.3 Å². The van der Waals surface area contributed by atoms with Crippen LogP contribution in [0.3, 0.4) is 0 Å². The van der Waals surface area contributed by atoms with Crippen molar-refractivity contribution in [3.63, 3.8) is 0 Å². The number of carbonyl (C=O) groups is 2. The third-order valence-corrected chi connectivity index (χ3v) is 9.44. The van der Waals surface area contributed by atoms with Gasteiger partial charge in [0.2, 0.25) is 11.8 Å². The van der Waals surface area contributed by atoms with E-state index in [1.807, 2.05) is 51.1 Å². The highest BCUT2D eigenvalue weighted by Gasteiger charge is 2.36. The summed E-state index contributed by atoms with van der Waals surface area (Å²) < 4.78 is 29.0. The number of benzene rings is 4. The zero-order valence-electron chi connectivity index (χ0n) is 26.0. The van der Waals surface area contributed by atoms with Crippen LogP contribution in [0, 0.1) is 10.1 Å². The van der Waals surface area contributed by atoms with Gasteiger partial charge in [-0.1, -0.05) is 83.9 Å². The lowest BCUT2D eigenvalue weighted by Gasteiger charge is -2.35. The molecule has 0 heterocycles. The molecule has 0 aliphatic heterocycles. The number of rotatable bonds is 12. The quantitative estimate of drug-likeness (QED) is 0.130. The minimum Gasteiger partial charge on any atom is -0.350 e. The second-order valence-corrected chi connectivity index (χ2v) is 14.5. The van der Waals surface area contributed by atoms with Gasteiger partial charge in [0.05, 0.1) is 15.5 Å². The molecule has 0 spiro atoms. The van der Waals surface area contributed by atoms with Crippen molar-refractivity contribution in [2.45, 2.75) is 50.2 Å². The molecule has 0 fully saturated rings. The van der Waals surface area contributed by atoms with Crippen molar-refractivity contribution in [2.75, 3.05) is 10.8 Å². The van der Waals surface area contributed by atoms with Gasteiger partial charge in [0.25, 0.3) is 15.7 Å². The van der Waals surface area contributed by atoms with Crippen LogP contribution in [-0.2, 0) is 32.6 Å². The van der Waals surface area contributed by atoms with E-state index in [1.165, 1.54) is 53.4 Å². The van der Waals surface area contributed by atoms with Crippen molar-refractivity contribution in [2.24, 2.45) is 0 Å². The molecule has 4 aromatic carbocycles. The second-order valence-electron chi connectivity index (χ2n) is 11.8. The number of nitro groups is 1. The van der Waals surface area contributed by atoms with Crippen LogP contribution in [0.15, 0.2) is 108 Å². The van der Waals surface area contributed by atoms with Crippen LogP contribution in [-0.4, -0.2) is 48.2 Å². The fraction of sp³-hybridized carbons (Fsp3) is 0.235. The molecule has 2 amide bonds. The van der Waals surface area contributed by atoms with E-state index in [9.17, 15) is 28.1 Å². The number of sulfonamides is 1. The Morgan fingerprint density at radius 1 is 0.894 bits per heavy atom. The first kappa shape index (κ1) is 35.4. The van der Waals surface area contributed by atoms with E-state index in [4.69, 9.17) is 23.2 Å². The van der Waals surface area contributed by atoms with E-state index in [0.717, 1.165) is 15.9 Å². The Morgan fingerprint density at radius 3 is 2.13 bits per heavy atom. The van der Waals surface area contributed by atoms with Crippen LogP contribution in [0.25, 0.3) is 0 Å². The Bertz CT molecular complexity index is 1850. The lowest BCUT2D eigenvalue weighted by Crippen LogP contribution is -2.56. The normalized spacial score (nSPS) is 12.2. The van der Waals surface area contributed by atoms with Crippen molar-refractivity contribution >= 4 is 56.4 Å². The number of hydrogen-bond donors (Lipinski definition) is 1. The summed E-state index contributed by atoms with van der Waals surface area (Å²) in [5, 5.41) is 15.2. The molecule has 0 bridgehead atoms. The zero-order chi connectivity index (χ0) is 34.4. The average molecular weight is 698 g/mol. The fourth-order valence-corrected chi connectivity index (χ4v) is 6.75. The van der Waals surface area contributed by atoms with Gasteiger partial charge in [0.1, 0.15) is 12.6 Å². The van der Waals surface area contributed by atoms with Crippen LogP contribution in [0.2, 0.25) is 10.0 Å². The number of non-ortho nitro benzene ring substituents is 1. The summed E-state index contributed by atoms with van der Waals surface area (Å²) in [7, 11) is -4.43. The van der Waals surface area contributed by atoms with Crippen molar-refractivity contribution < 1.29 is 22.9 Å². The predicted molar refractivity (Wildman–Crippen MR) is 183 cm³/mol. The van der Waals surface area contributed by atoms with Crippen LogP contribution in [0.4, 0.5) is 11.4 Å².